The number of carbonyl (C=O) groups excluding carboxylic acids is 4. The highest BCUT2D eigenvalue weighted by Crippen LogP contribution is 2.35. The highest BCUT2D eigenvalue weighted by molar-refractivity contribution is 5.91. The van der Waals surface area contributed by atoms with Crippen molar-refractivity contribution in [1.82, 2.24) is 26.1 Å². The van der Waals surface area contributed by atoms with Gasteiger partial charge in [-0.15, -0.1) is 0 Å². The van der Waals surface area contributed by atoms with Gasteiger partial charge in [-0.1, -0.05) is 32.1 Å². The van der Waals surface area contributed by atoms with E-state index in [4.69, 9.17) is 18.9 Å². The van der Waals surface area contributed by atoms with Gasteiger partial charge in [-0.25, -0.2) is 10.2 Å². The predicted octanol–water partition coefficient (Wildman–Crippen LogP) is 5.33. The standard InChI is InChI=1S/C38H55N5O8/c1-22(2)31(41-36(47)51-38(8,9)10)33(45)40-23(3)34(46)43-18-12-14-29(42-43)32-35(49-32)48-24(4)27-20-26-19-25(16-17-28(26)39-21-27)13-11-15-30(44)50-37(5,6)7/h11,13,16-17,19-24,29,31-32,35,42H,12,14-15,18H2,1-10H3,(H,40,45)(H,41,47)/b13-11+/t23-,24+,29-,31-,32?,35?/m0/s1. The van der Waals surface area contributed by atoms with Crippen molar-refractivity contribution in [3.8, 4) is 0 Å². The molecule has 2 saturated heterocycles. The number of benzene rings is 1. The van der Waals surface area contributed by atoms with Crippen LogP contribution in [0.15, 0.2) is 36.5 Å². The summed E-state index contributed by atoms with van der Waals surface area (Å²) in [5.74, 6) is -1.26. The molecule has 2 fully saturated rings. The lowest BCUT2D eigenvalue weighted by Gasteiger charge is -2.35. The molecule has 13 nitrogen and oxygen atoms in total. The number of carbonyl (C=O) groups is 4. The minimum Gasteiger partial charge on any atom is -0.460 e. The van der Waals surface area contributed by atoms with Gasteiger partial charge < -0.3 is 29.6 Å². The smallest absolute Gasteiger partial charge is 0.408 e. The van der Waals surface area contributed by atoms with Crippen LogP contribution in [-0.4, -0.2) is 82.1 Å². The Kier molecular flexibility index (Phi) is 12.9. The fourth-order valence-corrected chi connectivity index (χ4v) is 5.73. The summed E-state index contributed by atoms with van der Waals surface area (Å²) < 4.78 is 22.9. The number of nitrogens with one attached hydrogen (secondary N) is 3. The number of hydrogen-bond donors (Lipinski definition) is 3. The van der Waals surface area contributed by atoms with Crippen LogP contribution in [0.1, 0.15) is 106 Å². The average Bonchev–Trinajstić information content (AvgIpc) is 3.80. The lowest BCUT2D eigenvalue weighted by Crippen LogP contribution is -2.60. The Bertz CT molecular complexity index is 1600. The van der Waals surface area contributed by atoms with Gasteiger partial charge in [-0.2, -0.15) is 0 Å². The third kappa shape index (κ3) is 12.0. The van der Waals surface area contributed by atoms with Crippen LogP contribution in [0, 0.1) is 5.92 Å². The number of nitrogens with zero attached hydrogens (tertiary/aromatic N) is 2. The number of amides is 3. The third-order valence-electron chi connectivity index (χ3n) is 8.26. The summed E-state index contributed by atoms with van der Waals surface area (Å²) in [5.41, 5.74) is 4.73. The number of rotatable bonds is 12. The van der Waals surface area contributed by atoms with Gasteiger partial charge in [0.1, 0.15) is 29.4 Å². The van der Waals surface area contributed by atoms with Gasteiger partial charge in [0.15, 0.2) is 6.29 Å². The Morgan fingerprint density at radius 2 is 1.73 bits per heavy atom. The Labute approximate surface area is 301 Å². The van der Waals surface area contributed by atoms with E-state index in [2.05, 4.69) is 21.0 Å². The zero-order valence-electron chi connectivity index (χ0n) is 31.6. The predicted molar refractivity (Wildman–Crippen MR) is 193 cm³/mol. The third-order valence-corrected chi connectivity index (χ3v) is 8.26. The first-order valence-corrected chi connectivity index (χ1v) is 17.8. The molecule has 2 aromatic rings. The average molecular weight is 710 g/mol. The van der Waals surface area contributed by atoms with Crippen LogP contribution in [0.3, 0.4) is 0 Å². The largest absolute Gasteiger partial charge is 0.460 e. The number of esters is 1. The van der Waals surface area contributed by atoms with Crippen LogP contribution in [0.2, 0.25) is 0 Å². The Balaban J connectivity index is 1.28. The molecule has 3 heterocycles. The summed E-state index contributed by atoms with van der Waals surface area (Å²) in [6, 6.07) is 6.10. The van der Waals surface area contributed by atoms with E-state index in [1.807, 2.05) is 71.9 Å². The fraction of sp³-hybridized carbons (Fsp3) is 0.605. The van der Waals surface area contributed by atoms with Crippen LogP contribution >= 0.6 is 0 Å². The number of epoxide rings is 1. The lowest BCUT2D eigenvalue weighted by atomic mass is 10.0. The van der Waals surface area contributed by atoms with Crippen molar-refractivity contribution in [1.29, 1.82) is 0 Å². The topological polar surface area (TPSA) is 161 Å². The van der Waals surface area contributed by atoms with E-state index >= 15 is 0 Å². The van der Waals surface area contributed by atoms with E-state index in [9.17, 15) is 19.2 Å². The second kappa shape index (κ2) is 16.5. The minimum atomic E-state index is -0.871. The van der Waals surface area contributed by atoms with Gasteiger partial charge >= 0.3 is 12.1 Å². The Morgan fingerprint density at radius 1 is 1.02 bits per heavy atom. The summed E-state index contributed by atoms with van der Waals surface area (Å²) in [6.07, 6.45) is 5.52. The van der Waals surface area contributed by atoms with E-state index in [0.717, 1.165) is 34.9 Å². The highest BCUT2D eigenvalue weighted by Gasteiger charge is 2.49. The molecule has 280 valence electrons. The molecule has 3 N–H and O–H groups in total. The Morgan fingerprint density at radius 3 is 2.39 bits per heavy atom. The number of hydrazine groups is 1. The molecule has 0 bridgehead atoms. The molecule has 0 aliphatic carbocycles. The van der Waals surface area contributed by atoms with E-state index < -0.39 is 41.6 Å². The first kappa shape index (κ1) is 39.7. The zero-order valence-corrected chi connectivity index (χ0v) is 31.6. The highest BCUT2D eigenvalue weighted by atomic mass is 16.8. The molecule has 51 heavy (non-hydrogen) atoms. The quantitative estimate of drug-likeness (QED) is 0.194. The van der Waals surface area contributed by atoms with Gasteiger partial charge in [0.2, 0.25) is 5.91 Å². The van der Waals surface area contributed by atoms with E-state index in [1.165, 1.54) is 5.01 Å². The van der Waals surface area contributed by atoms with Crippen LogP contribution in [0.25, 0.3) is 17.0 Å². The normalized spacial score (nSPS) is 21.2. The molecule has 3 amide bonds. The first-order valence-electron chi connectivity index (χ1n) is 17.8. The van der Waals surface area contributed by atoms with E-state index in [0.29, 0.717) is 6.54 Å². The first-order chi connectivity index (χ1) is 23.8. The van der Waals surface area contributed by atoms with Crippen LogP contribution in [0.5, 0.6) is 0 Å². The molecular weight excluding hydrogens is 654 g/mol. The number of fused-ring (bicyclic) bond motifs is 1. The molecule has 2 aliphatic rings. The number of alkyl carbamates (subject to hydrolysis) is 1. The number of hydrogen-bond acceptors (Lipinski definition) is 10. The summed E-state index contributed by atoms with van der Waals surface area (Å²) in [7, 11) is 0. The molecule has 0 spiro atoms. The monoisotopic (exact) mass is 709 g/mol. The van der Waals surface area contributed by atoms with Crippen LogP contribution < -0.4 is 16.1 Å². The minimum absolute atomic E-state index is 0.148. The van der Waals surface area contributed by atoms with Gasteiger partial charge in [0.05, 0.1) is 24.1 Å². The van der Waals surface area contributed by atoms with Gasteiger partial charge in [-0.05, 0) is 103 Å². The zero-order chi connectivity index (χ0) is 37.7. The Hall–Kier alpha value is -4.07. The molecule has 1 aromatic carbocycles. The van der Waals surface area contributed by atoms with Crippen LogP contribution in [-0.2, 0) is 33.3 Å². The molecule has 2 unspecified atom stereocenters. The van der Waals surface area contributed by atoms with Gasteiger partial charge in [0.25, 0.3) is 5.91 Å². The lowest BCUT2D eigenvalue weighted by molar-refractivity contribution is -0.153. The van der Waals surface area contributed by atoms with E-state index in [1.54, 1.807) is 40.0 Å². The van der Waals surface area contributed by atoms with Crippen molar-refractivity contribution >= 4 is 40.9 Å². The maximum atomic E-state index is 13.4. The van der Waals surface area contributed by atoms with E-state index in [-0.39, 0.29) is 42.5 Å². The van der Waals surface area contributed by atoms with Crippen molar-refractivity contribution in [3.05, 3.63) is 47.7 Å². The second-order valence-electron chi connectivity index (χ2n) is 15.6. The molecule has 1 aromatic heterocycles. The SMILES string of the molecule is CC(C)[C@H](NC(=O)OC(C)(C)C)C(=O)N[C@@H](C)C(=O)N1CCC[C@@H](C2OC2O[C@H](C)c2cnc3ccc(/C=C/CC(=O)OC(C)(C)C)cc3c2)N1. The second-order valence-corrected chi connectivity index (χ2v) is 15.6. The molecule has 6 atom stereocenters. The summed E-state index contributed by atoms with van der Waals surface area (Å²) in [4.78, 5) is 55.4. The van der Waals surface area contributed by atoms with Crippen molar-refractivity contribution in [2.45, 2.75) is 136 Å². The summed E-state index contributed by atoms with van der Waals surface area (Å²) in [6.45, 7) is 18.4. The van der Waals surface area contributed by atoms with Crippen molar-refractivity contribution in [2.24, 2.45) is 5.92 Å². The maximum Gasteiger partial charge on any atom is 0.408 e. The molecule has 2 aliphatic heterocycles. The number of ether oxygens (including phenoxy) is 4. The fourth-order valence-electron chi connectivity index (χ4n) is 5.73. The molecule has 13 heteroatoms. The maximum absolute atomic E-state index is 13.4. The summed E-state index contributed by atoms with van der Waals surface area (Å²) in [5, 5.41) is 7.85. The van der Waals surface area contributed by atoms with Crippen molar-refractivity contribution in [3.63, 3.8) is 0 Å². The van der Waals surface area contributed by atoms with Gasteiger partial charge in [0, 0.05) is 18.1 Å². The molecule has 0 saturated carbocycles. The van der Waals surface area contributed by atoms with Gasteiger partial charge in [-0.3, -0.25) is 24.4 Å². The van der Waals surface area contributed by atoms with Crippen molar-refractivity contribution in [2.75, 3.05) is 6.54 Å². The molecule has 0 radical (unpaired) electrons. The number of aromatic nitrogens is 1. The molecule has 4 rings (SSSR count). The summed E-state index contributed by atoms with van der Waals surface area (Å²) >= 11 is 0. The van der Waals surface area contributed by atoms with Crippen LogP contribution in [0.4, 0.5) is 4.79 Å². The molecular formula is C38H55N5O8. The number of pyridine rings is 1. The van der Waals surface area contributed by atoms with Crippen molar-refractivity contribution < 1.29 is 38.1 Å².